The maximum absolute atomic E-state index is 16.0. The van der Waals surface area contributed by atoms with Gasteiger partial charge in [0, 0.05) is 28.2 Å². The van der Waals surface area contributed by atoms with E-state index in [4.69, 9.17) is 33.7 Å². The molecule has 1 saturated heterocycles. The molecule has 1 fully saturated rings. The van der Waals surface area contributed by atoms with Gasteiger partial charge in [-0.15, -0.1) is 0 Å². The van der Waals surface area contributed by atoms with E-state index < -0.39 is 41.0 Å². The van der Waals surface area contributed by atoms with E-state index in [1.165, 1.54) is 24.3 Å². The van der Waals surface area contributed by atoms with Crippen molar-refractivity contribution in [2.75, 3.05) is 17.2 Å². The molecule has 2 aliphatic heterocycles. The molecule has 5 N–H and O–H groups in total. The van der Waals surface area contributed by atoms with Crippen LogP contribution in [0.2, 0.25) is 10.0 Å². The van der Waals surface area contributed by atoms with Gasteiger partial charge >= 0.3 is 0 Å². The van der Waals surface area contributed by atoms with Gasteiger partial charge in [-0.05, 0) is 66.3 Å². The summed E-state index contributed by atoms with van der Waals surface area (Å²) in [5.74, 6) is -3.02. The van der Waals surface area contributed by atoms with Crippen molar-refractivity contribution in [2.45, 2.75) is 57.5 Å². The Morgan fingerprint density at radius 2 is 1.86 bits per heavy atom. The van der Waals surface area contributed by atoms with Gasteiger partial charge in [0.05, 0.1) is 23.4 Å². The Balaban J connectivity index is 1.70. The number of hydrogen-bond donors (Lipinski definition) is 4. The summed E-state index contributed by atoms with van der Waals surface area (Å²) in [5, 5.41) is 9.58. The van der Waals surface area contributed by atoms with Crippen molar-refractivity contribution in [1.29, 1.82) is 0 Å². The first-order valence-corrected chi connectivity index (χ1v) is 14.7. The second-order valence-corrected chi connectivity index (χ2v) is 12.9. The number of nitrogens with one attached hydrogen (secondary N) is 3. The minimum Gasteiger partial charge on any atom is -0.492 e. The van der Waals surface area contributed by atoms with Gasteiger partial charge in [0.1, 0.15) is 17.0 Å². The zero-order valence-electron chi connectivity index (χ0n) is 24.2. The largest absolute Gasteiger partial charge is 0.492 e. The van der Waals surface area contributed by atoms with Crippen LogP contribution in [0.25, 0.3) is 0 Å². The van der Waals surface area contributed by atoms with E-state index in [9.17, 15) is 14.4 Å². The Morgan fingerprint density at radius 1 is 1.12 bits per heavy atom. The molecule has 0 saturated carbocycles. The Labute approximate surface area is 259 Å². The normalized spacial score (nSPS) is 22.8. The van der Waals surface area contributed by atoms with Gasteiger partial charge in [-0.25, -0.2) is 4.39 Å². The fourth-order valence-electron chi connectivity index (χ4n) is 6.42. The van der Waals surface area contributed by atoms with Gasteiger partial charge in [-0.1, -0.05) is 62.2 Å². The van der Waals surface area contributed by atoms with E-state index in [0.717, 1.165) is 0 Å². The number of hydrogen-bond acceptors (Lipinski definition) is 5. The number of amides is 3. The Kier molecular flexibility index (Phi) is 8.19. The zero-order valence-corrected chi connectivity index (χ0v) is 25.7. The highest BCUT2D eigenvalue weighted by Crippen LogP contribution is 2.57. The monoisotopic (exact) mass is 626 g/mol. The number of carbonyl (C=O) groups is 3. The molecular formula is C32H33Cl2FN4O4. The third-order valence-corrected chi connectivity index (χ3v) is 8.57. The van der Waals surface area contributed by atoms with Crippen LogP contribution in [0, 0.1) is 11.2 Å². The Bertz CT molecular complexity index is 1630. The maximum Gasteiger partial charge on any atom is 0.248 e. The van der Waals surface area contributed by atoms with Gasteiger partial charge in [0.15, 0.2) is 0 Å². The lowest BCUT2D eigenvalue weighted by Gasteiger charge is -2.37. The molecule has 1 spiro atoms. The van der Waals surface area contributed by atoms with Crippen molar-refractivity contribution in [3.05, 3.63) is 87.2 Å². The topological polar surface area (TPSA) is 123 Å². The summed E-state index contributed by atoms with van der Waals surface area (Å²) < 4.78 is 21.7. The molecule has 0 bridgehead atoms. The first-order chi connectivity index (χ1) is 20.3. The van der Waals surface area contributed by atoms with Crippen LogP contribution in [0.1, 0.15) is 61.5 Å². The van der Waals surface area contributed by atoms with Crippen LogP contribution < -0.4 is 26.4 Å². The van der Waals surface area contributed by atoms with E-state index in [1.54, 1.807) is 37.3 Å². The van der Waals surface area contributed by atoms with Crippen LogP contribution in [0.4, 0.5) is 15.8 Å². The number of rotatable bonds is 7. The summed E-state index contributed by atoms with van der Waals surface area (Å²) in [6.45, 7) is 8.14. The number of ether oxygens (including phenoxy) is 1. The lowest BCUT2D eigenvalue weighted by Crippen LogP contribution is -2.49. The summed E-state index contributed by atoms with van der Waals surface area (Å²) in [7, 11) is 0. The van der Waals surface area contributed by atoms with Crippen molar-refractivity contribution < 1.29 is 23.5 Å². The molecular weight excluding hydrogens is 594 g/mol. The summed E-state index contributed by atoms with van der Waals surface area (Å²) >= 11 is 12.6. The van der Waals surface area contributed by atoms with Gasteiger partial charge in [-0.2, -0.15) is 0 Å². The summed E-state index contributed by atoms with van der Waals surface area (Å²) in [4.78, 5) is 40.3. The molecule has 3 aromatic rings. The Morgan fingerprint density at radius 3 is 2.53 bits per heavy atom. The second-order valence-electron chi connectivity index (χ2n) is 12.1. The second kappa shape index (κ2) is 11.4. The number of halogens is 3. The molecule has 8 nitrogen and oxygen atoms in total. The lowest BCUT2D eigenvalue weighted by atomic mass is 9.62. The molecule has 2 aliphatic rings. The van der Waals surface area contributed by atoms with E-state index in [0.29, 0.717) is 28.4 Å². The van der Waals surface area contributed by atoms with Crippen LogP contribution in [-0.4, -0.2) is 36.4 Å². The molecule has 226 valence electrons. The van der Waals surface area contributed by atoms with Gasteiger partial charge in [-0.3, -0.25) is 14.4 Å². The molecule has 2 heterocycles. The lowest BCUT2D eigenvalue weighted by molar-refractivity contribution is -0.122. The molecule has 1 unspecified atom stereocenters. The van der Waals surface area contributed by atoms with Crippen LogP contribution in [0.3, 0.4) is 0 Å². The molecule has 0 radical (unpaired) electrons. The molecule has 5 rings (SSSR count). The Hall–Kier alpha value is -3.66. The molecule has 3 amide bonds. The molecule has 0 aliphatic carbocycles. The number of nitrogens with two attached hydrogens (primary N) is 1. The number of benzene rings is 3. The zero-order chi connectivity index (χ0) is 31.3. The minimum atomic E-state index is -1.39. The van der Waals surface area contributed by atoms with Crippen LogP contribution >= 0.6 is 23.2 Å². The highest BCUT2D eigenvalue weighted by Gasteiger charge is 2.66. The number of anilines is 2. The SMILES string of the molecule is CCOc1cc(C(N)=O)ccc1NC(=O)[C@@H]1N[C@@H](CC(C)(C)C)[C@@]2(C(=O)Nc3cc(Cl)ccc32)C1c1cccc(Cl)c1F. The first-order valence-electron chi connectivity index (χ1n) is 14.0. The summed E-state index contributed by atoms with van der Waals surface area (Å²) in [5.41, 5.74) is 5.53. The average Bonchev–Trinajstić information content (AvgIpc) is 3.40. The number of carbonyl (C=O) groups excluding carboxylic acids is 3. The highest BCUT2D eigenvalue weighted by atomic mass is 35.5. The quantitative estimate of drug-likeness (QED) is 0.255. The fraction of sp³-hybridized carbons (Fsp3) is 0.344. The van der Waals surface area contributed by atoms with Crippen molar-refractivity contribution in [3.63, 3.8) is 0 Å². The van der Waals surface area contributed by atoms with Crippen LogP contribution in [-0.2, 0) is 15.0 Å². The number of fused-ring (bicyclic) bond motifs is 2. The van der Waals surface area contributed by atoms with Gasteiger partial charge in [0.2, 0.25) is 17.7 Å². The molecule has 4 atom stereocenters. The van der Waals surface area contributed by atoms with Crippen molar-refractivity contribution in [3.8, 4) is 5.75 Å². The van der Waals surface area contributed by atoms with Crippen molar-refractivity contribution >= 4 is 52.3 Å². The predicted octanol–water partition coefficient (Wildman–Crippen LogP) is 6.02. The predicted molar refractivity (Wildman–Crippen MR) is 165 cm³/mol. The summed E-state index contributed by atoms with van der Waals surface area (Å²) in [6.07, 6.45) is 0.475. The smallest absolute Gasteiger partial charge is 0.248 e. The third kappa shape index (κ3) is 5.46. The highest BCUT2D eigenvalue weighted by molar-refractivity contribution is 6.31. The molecule has 0 aromatic heterocycles. The van der Waals surface area contributed by atoms with Crippen molar-refractivity contribution in [1.82, 2.24) is 5.32 Å². The van der Waals surface area contributed by atoms with E-state index in [-0.39, 0.29) is 39.8 Å². The van der Waals surface area contributed by atoms with E-state index >= 15 is 4.39 Å². The molecule has 43 heavy (non-hydrogen) atoms. The van der Waals surface area contributed by atoms with E-state index in [2.05, 4.69) is 16.0 Å². The minimum absolute atomic E-state index is 0.124. The van der Waals surface area contributed by atoms with Gasteiger partial charge < -0.3 is 26.4 Å². The van der Waals surface area contributed by atoms with Crippen LogP contribution in [0.5, 0.6) is 5.75 Å². The molecule has 11 heteroatoms. The first kappa shape index (κ1) is 30.8. The molecule has 3 aromatic carbocycles. The average molecular weight is 628 g/mol. The number of primary amides is 1. The summed E-state index contributed by atoms with van der Waals surface area (Å²) in [6, 6.07) is 12.5. The van der Waals surface area contributed by atoms with Gasteiger partial charge in [0.25, 0.3) is 0 Å². The fourth-order valence-corrected chi connectivity index (χ4v) is 6.77. The third-order valence-electron chi connectivity index (χ3n) is 8.04. The van der Waals surface area contributed by atoms with Crippen LogP contribution in [0.15, 0.2) is 54.6 Å². The maximum atomic E-state index is 16.0. The van der Waals surface area contributed by atoms with E-state index in [1.807, 2.05) is 20.8 Å². The van der Waals surface area contributed by atoms with Crippen molar-refractivity contribution in [2.24, 2.45) is 11.1 Å². The standard InChI is InChI=1S/C32H33Cl2FN4O4/c1-5-43-23-13-16(28(36)40)9-12-21(23)37-29(41)27-25(18-7-6-8-20(34)26(18)35)32(24(39-27)15-31(2,3)4)19-11-10-17(33)14-22(19)38-30(32)42/h6-14,24-25,27,39H,5,15H2,1-4H3,(H2,36,40)(H,37,41)(H,38,42)/t24-,25?,27+,32+/m0/s1.